The Bertz CT molecular complexity index is 1150. The van der Waals surface area contributed by atoms with Gasteiger partial charge < -0.3 is 14.4 Å². The van der Waals surface area contributed by atoms with E-state index in [4.69, 9.17) is 0 Å². The summed E-state index contributed by atoms with van der Waals surface area (Å²) < 4.78 is 15.5. The number of carbonyl (C=O) groups is 2. The van der Waals surface area contributed by atoms with Gasteiger partial charge in [-0.25, -0.2) is 4.39 Å². The van der Waals surface area contributed by atoms with Gasteiger partial charge >= 0.3 is 0 Å². The molecule has 6 heteroatoms. The number of amides is 2. The molecule has 0 atom stereocenters. The Hall–Kier alpha value is -3.41. The fraction of sp³-hybridized carbons (Fsp3) is 0.419. The molecule has 2 aromatic carbocycles. The first-order chi connectivity index (χ1) is 17.9. The van der Waals surface area contributed by atoms with Crippen molar-refractivity contribution >= 4 is 11.8 Å². The zero-order chi connectivity index (χ0) is 26.2. The molecule has 0 N–H and O–H groups in total. The lowest BCUT2D eigenvalue weighted by atomic mass is 9.94. The third-order valence-corrected chi connectivity index (χ3v) is 7.08. The van der Waals surface area contributed by atoms with E-state index < -0.39 is 0 Å². The molecule has 0 radical (unpaired) electrons. The number of aromatic nitrogens is 1. The summed E-state index contributed by atoms with van der Waals surface area (Å²) in [6.07, 6.45) is 7.41. The summed E-state index contributed by atoms with van der Waals surface area (Å²) in [5.74, 6) is -0.115. The molecule has 1 aliphatic carbocycles. The van der Waals surface area contributed by atoms with Crippen molar-refractivity contribution in [3.8, 4) is 0 Å². The Morgan fingerprint density at radius 2 is 1.65 bits per heavy atom. The van der Waals surface area contributed by atoms with E-state index in [-0.39, 0.29) is 36.1 Å². The number of carbonyl (C=O) groups excluding carboxylic acids is 2. The molecule has 37 heavy (non-hydrogen) atoms. The third kappa shape index (κ3) is 7.31. The number of benzene rings is 2. The number of halogens is 1. The zero-order valence-corrected chi connectivity index (χ0v) is 22.0. The molecule has 0 saturated heterocycles. The van der Waals surface area contributed by atoms with E-state index in [0.29, 0.717) is 25.2 Å². The predicted molar refractivity (Wildman–Crippen MR) is 145 cm³/mol. The van der Waals surface area contributed by atoms with E-state index in [1.165, 1.54) is 18.6 Å². The van der Waals surface area contributed by atoms with Crippen LogP contribution in [0.2, 0.25) is 0 Å². The number of rotatable bonds is 10. The molecule has 4 rings (SSSR count). The lowest BCUT2D eigenvalue weighted by Gasteiger charge is -2.36. The Morgan fingerprint density at radius 1 is 0.946 bits per heavy atom. The van der Waals surface area contributed by atoms with Crippen molar-refractivity contribution in [3.05, 3.63) is 95.6 Å². The molecule has 1 heterocycles. The Morgan fingerprint density at radius 3 is 2.32 bits per heavy atom. The SMILES string of the molecule is CC(C)CN(CC(=O)N(Cc1cccn1Cc1ccc(F)cc1)C1CCCCC1)C(=O)c1ccccc1. The van der Waals surface area contributed by atoms with E-state index in [2.05, 4.69) is 18.4 Å². The highest BCUT2D eigenvalue weighted by Crippen LogP contribution is 2.25. The standard InChI is InChI=1S/C31H38FN3O2/c1-24(2)20-34(31(37)26-10-5-3-6-11-26)23-30(36)35(28-12-7-4-8-13-28)22-29-14-9-19-33(29)21-25-15-17-27(32)18-16-25/h3,5-6,9-11,14-19,24,28H,4,7-8,12-13,20-23H2,1-2H3. The van der Waals surface area contributed by atoms with Gasteiger partial charge in [0.15, 0.2) is 0 Å². The van der Waals surface area contributed by atoms with Gasteiger partial charge in [0.25, 0.3) is 5.91 Å². The maximum Gasteiger partial charge on any atom is 0.254 e. The minimum Gasteiger partial charge on any atom is -0.345 e. The average Bonchev–Trinajstić information content (AvgIpc) is 3.35. The van der Waals surface area contributed by atoms with Crippen LogP contribution in [0.5, 0.6) is 0 Å². The van der Waals surface area contributed by atoms with Gasteiger partial charge in [-0.3, -0.25) is 9.59 Å². The second-order valence-corrected chi connectivity index (χ2v) is 10.5. The monoisotopic (exact) mass is 503 g/mol. The maximum atomic E-state index is 13.9. The largest absolute Gasteiger partial charge is 0.345 e. The van der Waals surface area contributed by atoms with E-state index >= 15 is 0 Å². The molecular formula is C31H38FN3O2. The van der Waals surface area contributed by atoms with E-state index in [1.807, 2.05) is 41.4 Å². The fourth-order valence-electron chi connectivity index (χ4n) is 5.20. The lowest BCUT2D eigenvalue weighted by Crippen LogP contribution is -2.48. The Balaban J connectivity index is 1.54. The van der Waals surface area contributed by atoms with Crippen LogP contribution in [-0.4, -0.2) is 45.3 Å². The van der Waals surface area contributed by atoms with Gasteiger partial charge in [0.1, 0.15) is 12.4 Å². The summed E-state index contributed by atoms with van der Waals surface area (Å²) in [7, 11) is 0. The van der Waals surface area contributed by atoms with Crippen molar-refractivity contribution in [2.75, 3.05) is 13.1 Å². The molecule has 1 aromatic heterocycles. The maximum absolute atomic E-state index is 13.9. The highest BCUT2D eigenvalue weighted by atomic mass is 19.1. The first-order valence-electron chi connectivity index (χ1n) is 13.4. The second kappa shape index (κ2) is 12.7. The van der Waals surface area contributed by atoms with E-state index in [1.54, 1.807) is 29.2 Å². The van der Waals surface area contributed by atoms with Crippen molar-refractivity contribution in [2.24, 2.45) is 5.92 Å². The molecule has 1 fully saturated rings. The molecule has 0 unspecified atom stereocenters. The van der Waals surface area contributed by atoms with Crippen LogP contribution in [-0.2, 0) is 17.9 Å². The summed E-state index contributed by atoms with van der Waals surface area (Å²) in [6, 6.07) is 20.0. The third-order valence-electron chi connectivity index (χ3n) is 7.08. The number of nitrogens with zero attached hydrogens (tertiary/aromatic N) is 3. The zero-order valence-electron chi connectivity index (χ0n) is 22.0. The van der Waals surface area contributed by atoms with Crippen LogP contribution < -0.4 is 0 Å². The first kappa shape index (κ1) is 26.6. The van der Waals surface area contributed by atoms with Gasteiger partial charge in [0, 0.05) is 36.6 Å². The van der Waals surface area contributed by atoms with Crippen molar-refractivity contribution < 1.29 is 14.0 Å². The van der Waals surface area contributed by atoms with Crippen LogP contribution in [0, 0.1) is 11.7 Å². The quantitative estimate of drug-likeness (QED) is 0.334. The number of hydrogen-bond acceptors (Lipinski definition) is 2. The molecule has 196 valence electrons. The van der Waals surface area contributed by atoms with E-state index in [9.17, 15) is 14.0 Å². The molecule has 1 saturated carbocycles. The Kier molecular flexibility index (Phi) is 9.15. The van der Waals surface area contributed by atoms with Crippen molar-refractivity contribution in [3.63, 3.8) is 0 Å². The molecular weight excluding hydrogens is 465 g/mol. The minimum absolute atomic E-state index is 0.00800. The first-order valence-corrected chi connectivity index (χ1v) is 13.4. The van der Waals surface area contributed by atoms with Gasteiger partial charge in [0.2, 0.25) is 5.91 Å². The molecule has 3 aromatic rings. The molecule has 0 spiro atoms. The second-order valence-electron chi connectivity index (χ2n) is 10.5. The summed E-state index contributed by atoms with van der Waals surface area (Å²) in [5, 5.41) is 0. The highest BCUT2D eigenvalue weighted by Gasteiger charge is 2.29. The van der Waals surface area contributed by atoms with E-state index in [0.717, 1.165) is 36.9 Å². The van der Waals surface area contributed by atoms with Gasteiger partial charge in [0.05, 0.1) is 6.54 Å². The number of hydrogen-bond donors (Lipinski definition) is 0. The summed E-state index contributed by atoms with van der Waals surface area (Å²) in [5.41, 5.74) is 2.65. The molecule has 0 bridgehead atoms. The van der Waals surface area contributed by atoms with Crippen LogP contribution in [0.15, 0.2) is 72.9 Å². The summed E-state index contributed by atoms with van der Waals surface area (Å²) >= 11 is 0. The molecule has 2 amide bonds. The lowest BCUT2D eigenvalue weighted by molar-refractivity contribution is -0.135. The predicted octanol–water partition coefficient (Wildman–Crippen LogP) is 6.14. The van der Waals surface area contributed by atoms with Crippen molar-refractivity contribution in [1.82, 2.24) is 14.4 Å². The van der Waals surface area contributed by atoms with Crippen LogP contribution in [0.3, 0.4) is 0 Å². The molecule has 1 aliphatic rings. The fourth-order valence-corrected chi connectivity index (χ4v) is 5.20. The van der Waals surface area contributed by atoms with Gasteiger partial charge in [-0.1, -0.05) is 63.4 Å². The molecule has 0 aliphatic heterocycles. The van der Waals surface area contributed by atoms with Crippen LogP contribution >= 0.6 is 0 Å². The van der Waals surface area contributed by atoms with Gasteiger partial charge in [-0.2, -0.15) is 0 Å². The van der Waals surface area contributed by atoms with Crippen molar-refractivity contribution in [1.29, 1.82) is 0 Å². The minimum atomic E-state index is -0.249. The smallest absolute Gasteiger partial charge is 0.254 e. The van der Waals surface area contributed by atoms with Crippen LogP contribution in [0.1, 0.15) is 67.6 Å². The van der Waals surface area contributed by atoms with Crippen LogP contribution in [0.4, 0.5) is 4.39 Å². The van der Waals surface area contributed by atoms with Gasteiger partial charge in [-0.15, -0.1) is 0 Å². The summed E-state index contributed by atoms with van der Waals surface area (Å²) in [6.45, 7) is 5.84. The highest BCUT2D eigenvalue weighted by molar-refractivity contribution is 5.96. The Labute approximate surface area is 219 Å². The average molecular weight is 504 g/mol. The topological polar surface area (TPSA) is 45.6 Å². The molecule has 5 nitrogen and oxygen atoms in total. The normalized spacial score (nSPS) is 14.1. The van der Waals surface area contributed by atoms with Crippen molar-refractivity contribution in [2.45, 2.75) is 65.1 Å². The van der Waals surface area contributed by atoms with Gasteiger partial charge in [-0.05, 0) is 60.7 Å². The van der Waals surface area contributed by atoms with Crippen LogP contribution in [0.25, 0.3) is 0 Å². The summed E-state index contributed by atoms with van der Waals surface area (Å²) in [4.78, 5) is 30.9.